The van der Waals surface area contributed by atoms with Gasteiger partial charge in [-0.2, -0.15) is 13.3 Å². The number of hydrogen-bond acceptors (Lipinski definition) is 1. The van der Waals surface area contributed by atoms with E-state index in [1.165, 1.54) is 18.4 Å². The van der Waals surface area contributed by atoms with E-state index in [1.54, 1.807) is 0 Å². The largest absolute Gasteiger partial charge is 1.00 e. The molecule has 0 aliphatic rings. The van der Waals surface area contributed by atoms with Gasteiger partial charge in [-0.15, -0.1) is 0 Å². The van der Waals surface area contributed by atoms with E-state index in [-0.39, 0.29) is 51.4 Å². The molecule has 0 aromatic heterocycles. The van der Waals surface area contributed by atoms with Gasteiger partial charge in [0.1, 0.15) is 11.5 Å². The van der Waals surface area contributed by atoms with Crippen molar-refractivity contribution in [2.45, 2.75) is 26.2 Å². The van der Waals surface area contributed by atoms with Gasteiger partial charge in [0, 0.05) is 0 Å². The van der Waals surface area contributed by atoms with Crippen LogP contribution in [0.2, 0.25) is 0 Å². The Morgan fingerprint density at radius 1 is 0.895 bits per heavy atom. The van der Waals surface area contributed by atoms with Gasteiger partial charge in [-0.1, -0.05) is 36.8 Å². The maximum atomic E-state index is 5.75. The van der Waals surface area contributed by atoms with Crippen LogP contribution < -0.4 is 56.1 Å². The van der Waals surface area contributed by atoms with E-state index < -0.39 is 0 Å². The van der Waals surface area contributed by atoms with E-state index in [0.29, 0.717) is 0 Å². The summed E-state index contributed by atoms with van der Waals surface area (Å²) in [7, 11) is 0. The first-order valence-electron chi connectivity index (χ1n) is 6.48. The third-order valence-electron chi connectivity index (χ3n) is 2.86. The zero-order valence-electron chi connectivity index (χ0n) is 11.8. The molecule has 2 rings (SSSR count). The second-order valence-electron chi connectivity index (χ2n) is 4.36. The number of para-hydroxylation sites is 1. The predicted octanol–water partition coefficient (Wildman–Crippen LogP) is 2.03. The Labute approximate surface area is 158 Å². The molecule has 0 atom stereocenters. The molecule has 0 N–H and O–H groups in total. The van der Waals surface area contributed by atoms with Gasteiger partial charge in [-0.25, -0.2) is 0 Å². The smallest absolute Gasteiger partial charge is 0.457 e. The van der Waals surface area contributed by atoms with Crippen molar-refractivity contribution in [2.24, 2.45) is 0 Å². The van der Waals surface area contributed by atoms with Gasteiger partial charge < -0.3 is 11.2 Å². The topological polar surface area (TPSA) is 9.23 Å². The maximum Gasteiger partial charge on any atom is 1.00 e. The van der Waals surface area contributed by atoms with Gasteiger partial charge in [0.2, 0.25) is 0 Å². The summed E-state index contributed by atoms with van der Waals surface area (Å²) in [5, 5.41) is 0. The van der Waals surface area contributed by atoms with Crippen LogP contribution in [0.1, 0.15) is 25.3 Å². The molecule has 1 nitrogen and oxygen atoms in total. The molecule has 19 heavy (non-hydrogen) atoms. The van der Waals surface area contributed by atoms with Crippen LogP contribution in [-0.4, -0.2) is 0 Å². The summed E-state index contributed by atoms with van der Waals surface area (Å²) < 4.78 is 5.75. The maximum absolute atomic E-state index is 5.75. The van der Waals surface area contributed by atoms with E-state index in [0.717, 1.165) is 17.9 Å². The molecule has 0 saturated heterocycles. The number of benzene rings is 2. The summed E-state index contributed by atoms with van der Waals surface area (Å²) in [4.78, 5) is 0. The molecule has 2 heteroatoms. The van der Waals surface area contributed by atoms with Crippen molar-refractivity contribution >= 4 is 0 Å². The first kappa shape index (κ1) is 16.9. The molecule has 0 aliphatic heterocycles. The summed E-state index contributed by atoms with van der Waals surface area (Å²) in [6, 6.07) is 18.2. The molecule has 2 aromatic rings. The Bertz CT molecular complexity index is 450. The van der Waals surface area contributed by atoms with Crippen LogP contribution in [0.4, 0.5) is 0 Å². The molecule has 0 fully saturated rings. The minimum atomic E-state index is 0. The second kappa shape index (κ2) is 9.73. The number of ether oxygens (including phenoxy) is 1. The Kier molecular flexibility index (Phi) is 8.67. The van der Waals surface area contributed by atoms with Crippen molar-refractivity contribution < 1.29 is 56.1 Å². The molecule has 0 saturated carbocycles. The third-order valence-corrected chi connectivity index (χ3v) is 2.86. The zero-order valence-corrected chi connectivity index (χ0v) is 14.9. The van der Waals surface area contributed by atoms with Crippen LogP contribution in [-0.2, 0) is 6.42 Å². The minimum absolute atomic E-state index is 0. The van der Waals surface area contributed by atoms with Crippen molar-refractivity contribution in [1.29, 1.82) is 0 Å². The molecule has 0 aliphatic carbocycles. The molecular weight excluding hydrogens is 259 g/mol. The minimum Gasteiger partial charge on any atom is -0.457 e. The Morgan fingerprint density at radius 2 is 1.53 bits per heavy atom. The molecule has 94 valence electrons. The quantitative estimate of drug-likeness (QED) is 0.446. The zero-order chi connectivity index (χ0) is 12.6. The summed E-state index contributed by atoms with van der Waals surface area (Å²) in [5.41, 5.74) is 1.37. The van der Waals surface area contributed by atoms with Gasteiger partial charge in [-0.05, 0) is 36.2 Å². The molecule has 0 spiro atoms. The fraction of sp³-hybridized carbons (Fsp3) is 0.235. The van der Waals surface area contributed by atoms with Crippen LogP contribution in [0.25, 0.3) is 0 Å². The fourth-order valence-electron chi connectivity index (χ4n) is 1.86. The standard InChI is InChI=1S/C17H19O.K/c1-2-3-5-8-15-11-13-17(14-12-15)18-16-9-6-4-7-10-16;/h2,4,6-7,9-14H,3,5,8H2,1H3;/q-1;+1. The van der Waals surface area contributed by atoms with Gasteiger partial charge in [0.25, 0.3) is 0 Å². The van der Waals surface area contributed by atoms with Crippen LogP contribution in [0.5, 0.6) is 11.5 Å². The van der Waals surface area contributed by atoms with Crippen molar-refractivity contribution in [3.63, 3.8) is 0 Å². The second-order valence-corrected chi connectivity index (χ2v) is 4.36. The molecule has 0 heterocycles. The Morgan fingerprint density at radius 3 is 2.16 bits per heavy atom. The Balaban J connectivity index is 0.00000180. The summed E-state index contributed by atoms with van der Waals surface area (Å²) >= 11 is 0. The fourth-order valence-corrected chi connectivity index (χ4v) is 1.86. The molecule has 0 radical (unpaired) electrons. The van der Waals surface area contributed by atoms with Gasteiger partial charge >= 0.3 is 51.4 Å². The van der Waals surface area contributed by atoms with Crippen LogP contribution in [0.15, 0.2) is 54.6 Å². The van der Waals surface area contributed by atoms with Gasteiger partial charge in [0.15, 0.2) is 0 Å². The molecular formula is C17H19KO. The van der Waals surface area contributed by atoms with E-state index in [1.807, 2.05) is 42.5 Å². The summed E-state index contributed by atoms with van der Waals surface area (Å²) in [6.07, 6.45) is 5.75. The number of hydrogen-bond donors (Lipinski definition) is 0. The number of unbranched alkanes of at least 4 members (excludes halogenated alkanes) is 2. The summed E-state index contributed by atoms with van der Waals surface area (Å²) in [6.45, 7) is 2.11. The van der Waals surface area contributed by atoms with E-state index in [4.69, 9.17) is 4.74 Å². The normalized spacial score (nSPS) is 9.74. The molecule has 0 amide bonds. The van der Waals surface area contributed by atoms with Crippen LogP contribution in [0, 0.1) is 6.42 Å². The van der Waals surface area contributed by atoms with Crippen LogP contribution in [0.3, 0.4) is 0 Å². The van der Waals surface area contributed by atoms with Crippen molar-refractivity contribution in [1.82, 2.24) is 0 Å². The third kappa shape index (κ3) is 6.24. The summed E-state index contributed by atoms with van der Waals surface area (Å²) in [5.74, 6) is 1.78. The predicted molar refractivity (Wildman–Crippen MR) is 75.9 cm³/mol. The van der Waals surface area contributed by atoms with Crippen molar-refractivity contribution in [3.05, 3.63) is 66.6 Å². The Hall–Kier alpha value is -0.124. The SMILES string of the molecule is C[CH-]CCCc1ccc(Oc2ccccc2)cc1.[K+]. The first-order chi connectivity index (χ1) is 8.88. The monoisotopic (exact) mass is 278 g/mol. The van der Waals surface area contributed by atoms with Crippen LogP contribution >= 0.6 is 0 Å². The average molecular weight is 278 g/mol. The van der Waals surface area contributed by atoms with Crippen molar-refractivity contribution in [3.8, 4) is 11.5 Å². The number of aryl methyl sites for hydroxylation is 1. The molecule has 2 aromatic carbocycles. The van der Waals surface area contributed by atoms with Crippen molar-refractivity contribution in [2.75, 3.05) is 0 Å². The van der Waals surface area contributed by atoms with E-state index in [9.17, 15) is 0 Å². The first-order valence-corrected chi connectivity index (χ1v) is 6.48. The van der Waals surface area contributed by atoms with Gasteiger partial charge in [0.05, 0.1) is 0 Å². The molecule has 0 unspecified atom stereocenters. The van der Waals surface area contributed by atoms with E-state index >= 15 is 0 Å². The number of rotatable bonds is 6. The average Bonchev–Trinajstić information content (AvgIpc) is 2.42. The van der Waals surface area contributed by atoms with Gasteiger partial charge in [-0.3, -0.25) is 0 Å². The molecule has 0 bridgehead atoms. The van der Waals surface area contributed by atoms with E-state index in [2.05, 4.69) is 25.5 Å².